The molecule has 0 aromatic carbocycles. The molecular weight excluding hydrogens is 220 g/mol. The van der Waals surface area contributed by atoms with Crippen LogP contribution in [0.2, 0.25) is 0 Å². The zero-order valence-electron chi connectivity index (χ0n) is 10.9. The number of aromatic carboxylic acids is 1. The van der Waals surface area contributed by atoms with Crippen LogP contribution in [-0.4, -0.2) is 26.9 Å². The molecule has 0 aliphatic carbocycles. The van der Waals surface area contributed by atoms with Crippen LogP contribution in [0.15, 0.2) is 0 Å². The average molecular weight is 238 g/mol. The van der Waals surface area contributed by atoms with Crippen LogP contribution in [0.25, 0.3) is 0 Å². The first kappa shape index (κ1) is 13.4. The molecule has 94 valence electrons. The van der Waals surface area contributed by atoms with E-state index >= 15 is 0 Å². The van der Waals surface area contributed by atoms with Crippen LogP contribution in [0.3, 0.4) is 0 Å². The number of carboxylic acids is 1. The Bertz CT molecular complexity index is 442. The van der Waals surface area contributed by atoms with E-state index in [2.05, 4.69) is 10.2 Å². The number of aryl methyl sites for hydroxylation is 1. The average Bonchev–Trinajstić information content (AvgIpc) is 2.23. The lowest BCUT2D eigenvalue weighted by atomic mass is 10.1. The van der Waals surface area contributed by atoms with Crippen molar-refractivity contribution in [2.24, 2.45) is 0 Å². The van der Waals surface area contributed by atoms with Crippen LogP contribution >= 0.6 is 0 Å². The highest BCUT2D eigenvalue weighted by Crippen LogP contribution is 2.25. The van der Waals surface area contributed by atoms with Crippen molar-refractivity contribution in [2.45, 2.75) is 46.6 Å². The van der Waals surface area contributed by atoms with Crippen molar-refractivity contribution >= 4 is 5.97 Å². The molecular formula is C12H18N2O3. The zero-order valence-corrected chi connectivity index (χ0v) is 10.9. The Labute approximate surface area is 101 Å². The van der Waals surface area contributed by atoms with Crippen LogP contribution in [0.1, 0.15) is 48.8 Å². The summed E-state index contributed by atoms with van der Waals surface area (Å²) in [6.45, 7) is 9.17. The Morgan fingerprint density at radius 2 is 1.94 bits per heavy atom. The van der Waals surface area contributed by atoms with E-state index in [4.69, 9.17) is 4.74 Å². The lowest BCUT2D eigenvalue weighted by molar-refractivity contribution is 0.0660. The number of carbonyl (C=O) groups is 1. The lowest BCUT2D eigenvalue weighted by Gasteiger charge is -2.24. The highest BCUT2D eigenvalue weighted by atomic mass is 16.5. The third kappa shape index (κ3) is 2.93. The van der Waals surface area contributed by atoms with Crippen molar-refractivity contribution in [3.05, 3.63) is 16.8 Å². The predicted octanol–water partition coefficient (Wildman–Crippen LogP) is 2.36. The third-order valence-corrected chi connectivity index (χ3v) is 2.86. The van der Waals surface area contributed by atoms with Gasteiger partial charge in [0, 0.05) is 0 Å². The molecule has 0 spiro atoms. The van der Waals surface area contributed by atoms with Crippen molar-refractivity contribution in [2.75, 3.05) is 0 Å². The molecule has 1 aromatic heterocycles. The van der Waals surface area contributed by atoms with Gasteiger partial charge in [0.2, 0.25) is 5.88 Å². The van der Waals surface area contributed by atoms with Crippen LogP contribution in [-0.2, 0) is 0 Å². The van der Waals surface area contributed by atoms with Crippen molar-refractivity contribution < 1.29 is 14.6 Å². The first-order valence-electron chi connectivity index (χ1n) is 5.54. The van der Waals surface area contributed by atoms with E-state index in [9.17, 15) is 9.90 Å². The second-order valence-electron chi connectivity index (χ2n) is 4.61. The maximum Gasteiger partial charge on any atom is 0.341 e. The molecule has 0 fully saturated rings. The SMILES string of the molecule is CCC(C)(C)Oc1nnc(C)c(C)c1C(=O)O. The molecule has 5 heteroatoms. The van der Waals surface area contributed by atoms with E-state index in [0.29, 0.717) is 11.3 Å². The first-order chi connectivity index (χ1) is 7.78. The van der Waals surface area contributed by atoms with E-state index in [0.717, 1.165) is 6.42 Å². The molecule has 0 aliphatic heterocycles. The fraction of sp³-hybridized carbons (Fsp3) is 0.583. The molecule has 5 nitrogen and oxygen atoms in total. The Morgan fingerprint density at radius 3 is 2.41 bits per heavy atom. The summed E-state index contributed by atoms with van der Waals surface area (Å²) in [5, 5.41) is 16.9. The maximum absolute atomic E-state index is 11.2. The largest absolute Gasteiger partial charge is 0.477 e. The molecule has 0 bridgehead atoms. The Balaban J connectivity index is 3.25. The standard InChI is InChI=1S/C12H18N2O3/c1-6-12(4,5)17-10-9(11(15)16)7(2)8(3)13-14-10/h6H2,1-5H3,(H,15,16). The first-order valence-corrected chi connectivity index (χ1v) is 5.54. The highest BCUT2D eigenvalue weighted by Gasteiger charge is 2.25. The zero-order chi connectivity index (χ0) is 13.2. The number of hydrogen-bond donors (Lipinski definition) is 1. The minimum Gasteiger partial charge on any atom is -0.477 e. The normalized spacial score (nSPS) is 11.4. The summed E-state index contributed by atoms with van der Waals surface area (Å²) in [6, 6.07) is 0. The van der Waals surface area contributed by atoms with Crippen molar-refractivity contribution in [1.29, 1.82) is 0 Å². The van der Waals surface area contributed by atoms with Crippen molar-refractivity contribution in [1.82, 2.24) is 10.2 Å². The van der Waals surface area contributed by atoms with E-state index < -0.39 is 11.6 Å². The van der Waals surface area contributed by atoms with Gasteiger partial charge >= 0.3 is 5.97 Å². The van der Waals surface area contributed by atoms with Crippen LogP contribution in [0, 0.1) is 13.8 Å². The summed E-state index contributed by atoms with van der Waals surface area (Å²) in [6.07, 6.45) is 0.751. The van der Waals surface area contributed by atoms with Gasteiger partial charge in [0.15, 0.2) is 0 Å². The van der Waals surface area contributed by atoms with E-state index in [1.807, 2.05) is 20.8 Å². The van der Waals surface area contributed by atoms with Gasteiger partial charge in [0.05, 0.1) is 5.69 Å². The van der Waals surface area contributed by atoms with Crippen molar-refractivity contribution in [3.8, 4) is 5.88 Å². The summed E-state index contributed by atoms with van der Waals surface area (Å²) in [5.74, 6) is -0.949. The molecule has 17 heavy (non-hydrogen) atoms. The molecule has 0 unspecified atom stereocenters. The maximum atomic E-state index is 11.2. The summed E-state index contributed by atoms with van der Waals surface area (Å²) in [4.78, 5) is 11.2. The van der Waals surface area contributed by atoms with Crippen LogP contribution < -0.4 is 4.74 Å². The fourth-order valence-electron chi connectivity index (χ4n) is 1.24. The van der Waals surface area contributed by atoms with Crippen molar-refractivity contribution in [3.63, 3.8) is 0 Å². The molecule has 0 aliphatic rings. The predicted molar refractivity (Wildman–Crippen MR) is 63.5 cm³/mol. The quantitative estimate of drug-likeness (QED) is 0.871. The number of carboxylic acid groups (broad SMARTS) is 1. The van der Waals surface area contributed by atoms with Crippen LogP contribution in [0.5, 0.6) is 5.88 Å². The van der Waals surface area contributed by atoms with Gasteiger partial charge < -0.3 is 9.84 Å². The van der Waals surface area contributed by atoms with E-state index in [1.165, 1.54) is 0 Å². The van der Waals surface area contributed by atoms with Crippen LogP contribution in [0.4, 0.5) is 0 Å². The molecule has 1 heterocycles. The van der Waals surface area contributed by atoms with Gasteiger partial charge in [-0.05, 0) is 39.7 Å². The van der Waals surface area contributed by atoms with Gasteiger partial charge in [0.25, 0.3) is 0 Å². The summed E-state index contributed by atoms with van der Waals surface area (Å²) >= 11 is 0. The lowest BCUT2D eigenvalue weighted by Crippen LogP contribution is -2.29. The smallest absolute Gasteiger partial charge is 0.341 e. The molecule has 0 saturated heterocycles. The minimum absolute atomic E-state index is 0.0902. The Kier molecular flexibility index (Phi) is 3.70. The molecule has 1 aromatic rings. The van der Waals surface area contributed by atoms with Gasteiger partial charge in [-0.15, -0.1) is 5.10 Å². The molecule has 1 N–H and O–H groups in total. The van der Waals surface area contributed by atoms with E-state index in [-0.39, 0.29) is 11.4 Å². The molecule has 0 saturated carbocycles. The number of rotatable bonds is 4. The number of hydrogen-bond acceptors (Lipinski definition) is 4. The second kappa shape index (κ2) is 4.69. The Morgan fingerprint density at radius 1 is 1.35 bits per heavy atom. The molecule has 0 amide bonds. The molecule has 1 rings (SSSR count). The monoisotopic (exact) mass is 238 g/mol. The summed E-state index contributed by atoms with van der Waals surface area (Å²) < 4.78 is 5.62. The highest BCUT2D eigenvalue weighted by molar-refractivity contribution is 5.92. The van der Waals surface area contributed by atoms with Gasteiger partial charge in [-0.3, -0.25) is 0 Å². The van der Waals surface area contributed by atoms with Gasteiger partial charge in [0.1, 0.15) is 11.2 Å². The van der Waals surface area contributed by atoms with Gasteiger partial charge in [-0.1, -0.05) is 6.92 Å². The van der Waals surface area contributed by atoms with Gasteiger partial charge in [-0.2, -0.15) is 5.10 Å². The fourth-order valence-corrected chi connectivity index (χ4v) is 1.24. The molecule has 0 radical (unpaired) electrons. The topological polar surface area (TPSA) is 72.3 Å². The summed E-state index contributed by atoms with van der Waals surface area (Å²) in [7, 11) is 0. The number of ether oxygens (including phenoxy) is 1. The number of nitrogens with zero attached hydrogens (tertiary/aromatic N) is 2. The molecule has 0 atom stereocenters. The van der Waals surface area contributed by atoms with E-state index in [1.54, 1.807) is 13.8 Å². The summed E-state index contributed by atoms with van der Waals surface area (Å²) in [5.41, 5.74) is 0.832. The second-order valence-corrected chi connectivity index (χ2v) is 4.61. The van der Waals surface area contributed by atoms with Gasteiger partial charge in [-0.25, -0.2) is 4.79 Å². The minimum atomic E-state index is -1.04. The Hall–Kier alpha value is -1.65. The number of aromatic nitrogens is 2. The third-order valence-electron chi connectivity index (χ3n) is 2.86.